The predicted octanol–water partition coefficient (Wildman–Crippen LogP) is -1.83. The van der Waals surface area contributed by atoms with Crippen LogP contribution in [-0.2, 0) is 38.4 Å². The van der Waals surface area contributed by atoms with Gasteiger partial charge in [-0.15, -0.1) is 0 Å². The van der Waals surface area contributed by atoms with E-state index in [0.29, 0.717) is 24.7 Å². The van der Waals surface area contributed by atoms with Crippen molar-refractivity contribution in [1.29, 1.82) is 0 Å². The summed E-state index contributed by atoms with van der Waals surface area (Å²) in [5.74, 6) is -8.27. The normalized spacial score (nSPS) is 27.9. The second kappa shape index (κ2) is 28.9. The molecule has 3 fully saturated rings. The fourth-order valence-electron chi connectivity index (χ4n) is 9.57. The third-order valence-electron chi connectivity index (χ3n) is 14.0. The standard InChI is InChI=1S/C50H78N8O16/c1-5-26(2)21-27(3)13-10-8-6-7-9-11-15-38(65)52-32-23-36(63)47(71)56-45(69)33-14-12-20-57(33)50(74)40(35(62)24-37(51)64)54-48(72)41(43(67)42(66)29-16-18-30(60)19-17-29)55-46(70)34-22-31(61)25-58(34)49(73)39(28(4)59)53-44(32)68/h16-19,26-28,31,33-36,39-43,47,59-63,66-67,71H,5-15,20-25H2,1-4H3,(H2,51,64)(H,53,68)(H,54,72)(H,55,70)(H,56,69)/t26-,27+,28+,31+,33-,34-,35+,36+,39-,40-,41-,42-,43-,47+/m0/s1. The van der Waals surface area contributed by atoms with Gasteiger partial charge in [0.2, 0.25) is 41.4 Å². The Morgan fingerprint density at radius 2 is 1.36 bits per heavy atom. The minimum absolute atomic E-state index is 0.0666. The molecule has 3 saturated heterocycles. The van der Waals surface area contributed by atoms with E-state index in [4.69, 9.17) is 5.73 Å². The van der Waals surface area contributed by atoms with Gasteiger partial charge in [-0.1, -0.05) is 77.8 Å². The van der Waals surface area contributed by atoms with Crippen LogP contribution in [-0.4, -0.2) is 184 Å². The number of nitrogens with two attached hydrogens (primary N) is 1. The molecule has 1 aromatic carbocycles. The van der Waals surface area contributed by atoms with Gasteiger partial charge >= 0.3 is 0 Å². The molecule has 414 valence electrons. The first-order chi connectivity index (χ1) is 34.9. The molecule has 8 amide bonds. The Morgan fingerprint density at radius 1 is 0.757 bits per heavy atom. The molecule has 0 aromatic heterocycles. The van der Waals surface area contributed by atoms with E-state index >= 15 is 0 Å². The van der Waals surface area contributed by atoms with Gasteiger partial charge in [-0.3, -0.25) is 38.4 Å². The number of aromatic hydroxyl groups is 1. The molecule has 74 heavy (non-hydrogen) atoms. The number of aliphatic imine (C=N–C) groups is 1. The van der Waals surface area contributed by atoms with E-state index in [2.05, 4.69) is 47.0 Å². The number of fused-ring (bicyclic) bond motifs is 2. The molecule has 0 aliphatic carbocycles. The van der Waals surface area contributed by atoms with Crippen molar-refractivity contribution in [2.75, 3.05) is 13.1 Å². The van der Waals surface area contributed by atoms with E-state index in [1.807, 2.05) is 0 Å². The fraction of sp³-hybridized carbons (Fsp3) is 0.700. The van der Waals surface area contributed by atoms with Gasteiger partial charge in [-0.2, -0.15) is 0 Å². The van der Waals surface area contributed by atoms with Crippen LogP contribution in [0.15, 0.2) is 29.3 Å². The lowest BCUT2D eigenvalue weighted by Crippen LogP contribution is -2.64. The molecule has 0 unspecified atom stereocenters. The number of rotatable bonds is 19. The van der Waals surface area contributed by atoms with Crippen molar-refractivity contribution in [3.63, 3.8) is 0 Å². The van der Waals surface area contributed by atoms with Gasteiger partial charge in [0.15, 0.2) is 6.23 Å². The van der Waals surface area contributed by atoms with Crippen LogP contribution >= 0.6 is 0 Å². The highest BCUT2D eigenvalue weighted by Crippen LogP contribution is 2.26. The summed E-state index contributed by atoms with van der Waals surface area (Å²) in [6, 6.07) is -4.90. The Kier molecular flexibility index (Phi) is 23.8. The molecule has 0 bridgehead atoms. The van der Waals surface area contributed by atoms with Gasteiger partial charge in [0.1, 0.15) is 60.0 Å². The lowest BCUT2D eigenvalue weighted by Gasteiger charge is -2.34. The molecule has 14 N–H and O–H groups in total. The van der Waals surface area contributed by atoms with Gasteiger partial charge in [0.25, 0.3) is 5.91 Å². The van der Waals surface area contributed by atoms with Crippen LogP contribution in [0.3, 0.4) is 0 Å². The average Bonchev–Trinajstić information content (AvgIpc) is 4.01. The number of unbranched alkanes of at least 4 members (excludes halogenated alkanes) is 5. The van der Waals surface area contributed by atoms with Crippen LogP contribution < -0.4 is 27.0 Å². The molecule has 24 heteroatoms. The van der Waals surface area contributed by atoms with E-state index in [0.717, 1.165) is 67.4 Å². The van der Waals surface area contributed by atoms with Crippen LogP contribution in [0.5, 0.6) is 5.75 Å². The van der Waals surface area contributed by atoms with Gasteiger partial charge in [-0.05, 0) is 62.1 Å². The van der Waals surface area contributed by atoms with Crippen molar-refractivity contribution in [2.45, 2.75) is 197 Å². The molecule has 4 rings (SSSR count). The summed E-state index contributed by atoms with van der Waals surface area (Å²) in [5, 5.41) is 96.9. The van der Waals surface area contributed by atoms with Crippen molar-refractivity contribution in [1.82, 2.24) is 31.1 Å². The largest absolute Gasteiger partial charge is 0.508 e. The molecule has 24 nitrogen and oxygen atoms in total. The number of nitrogens with zero attached hydrogens (tertiary/aromatic N) is 3. The number of phenolic OH excluding ortho intramolecular Hbond substituents is 1. The van der Waals surface area contributed by atoms with Crippen molar-refractivity contribution in [3.05, 3.63) is 29.8 Å². The third-order valence-corrected chi connectivity index (χ3v) is 14.0. The molecular weight excluding hydrogens is 969 g/mol. The maximum absolute atomic E-state index is 14.3. The summed E-state index contributed by atoms with van der Waals surface area (Å²) in [4.78, 5) is 116. The lowest BCUT2D eigenvalue weighted by molar-refractivity contribution is -0.148. The van der Waals surface area contributed by atoms with Crippen molar-refractivity contribution in [3.8, 4) is 5.75 Å². The Bertz CT molecular complexity index is 2130. The first-order valence-electron chi connectivity index (χ1n) is 25.7. The monoisotopic (exact) mass is 1050 g/mol. The number of aliphatic hydroxyl groups is 7. The Morgan fingerprint density at radius 3 is 2.00 bits per heavy atom. The number of aliphatic hydroxyl groups excluding tert-OH is 7. The number of hydrogen-bond donors (Lipinski definition) is 13. The smallest absolute Gasteiger partial charge is 0.266 e. The minimum atomic E-state index is -2.32. The number of nitrogens with one attached hydrogen (secondary N) is 4. The van der Waals surface area contributed by atoms with E-state index in [9.17, 15) is 79.2 Å². The second-order valence-corrected chi connectivity index (χ2v) is 20.2. The number of benzene rings is 1. The molecule has 1 aromatic rings. The van der Waals surface area contributed by atoms with Crippen LogP contribution in [0.2, 0.25) is 0 Å². The predicted molar refractivity (Wildman–Crippen MR) is 265 cm³/mol. The lowest BCUT2D eigenvalue weighted by atomic mass is 9.91. The quantitative estimate of drug-likeness (QED) is 0.0678. The maximum atomic E-state index is 14.3. The van der Waals surface area contributed by atoms with E-state index in [-0.39, 0.29) is 37.1 Å². The third kappa shape index (κ3) is 17.5. The van der Waals surface area contributed by atoms with Crippen molar-refractivity contribution < 1.29 is 79.2 Å². The van der Waals surface area contributed by atoms with Crippen LogP contribution in [0.1, 0.15) is 136 Å². The summed E-state index contributed by atoms with van der Waals surface area (Å²) < 4.78 is 0. The molecule has 0 saturated carbocycles. The van der Waals surface area contributed by atoms with E-state index < -0.39 is 152 Å². The first-order valence-corrected chi connectivity index (χ1v) is 25.7. The Labute approximate surface area is 430 Å². The number of carbonyl (C=O) groups excluding carboxylic acids is 8. The van der Waals surface area contributed by atoms with Gasteiger partial charge in [0.05, 0.1) is 24.7 Å². The zero-order chi connectivity index (χ0) is 55.0. The molecular formula is C50H78N8O16. The highest BCUT2D eigenvalue weighted by Gasteiger charge is 2.47. The van der Waals surface area contributed by atoms with Crippen molar-refractivity contribution in [2.24, 2.45) is 22.6 Å². The van der Waals surface area contributed by atoms with Crippen molar-refractivity contribution >= 4 is 53.0 Å². The number of carbonyl (C=O) groups is 8. The van der Waals surface area contributed by atoms with Crippen LogP contribution in [0.4, 0.5) is 0 Å². The second-order valence-electron chi connectivity index (χ2n) is 20.2. The van der Waals surface area contributed by atoms with Gasteiger partial charge < -0.3 is 77.7 Å². The zero-order valence-corrected chi connectivity index (χ0v) is 42.7. The molecule has 14 atom stereocenters. The SMILES string of the molecule is CC[C@H](C)C[C@H](C)CCCCCCCCC(=O)N=C1C[C@@H](O)[C@@H](O)NC(=O)[C@@H]2CCCN2C(=O)[C@H]([C@H](O)CC(N)=O)NC(=O)[C@H]([C@H](O)[C@@H](O)c2ccc(O)cc2)NC(=O)[C@@H]2C[C@@H](O)CN2C(=O)[C@H]([C@@H](C)O)NC1=O. The average molecular weight is 1050 g/mol. The number of primary amides is 1. The van der Waals surface area contributed by atoms with E-state index in [1.54, 1.807) is 0 Å². The molecule has 0 spiro atoms. The highest BCUT2D eigenvalue weighted by atomic mass is 16.3. The Hall–Kier alpha value is -5.63. The first kappa shape index (κ1) is 60.9. The zero-order valence-electron chi connectivity index (χ0n) is 42.7. The molecule has 3 aliphatic heterocycles. The summed E-state index contributed by atoms with van der Waals surface area (Å²) in [7, 11) is 0. The molecule has 0 radical (unpaired) electrons. The van der Waals surface area contributed by atoms with Gasteiger partial charge in [0, 0.05) is 32.4 Å². The highest BCUT2D eigenvalue weighted by molar-refractivity contribution is 6.40. The number of amides is 8. The van der Waals surface area contributed by atoms with E-state index in [1.165, 1.54) is 18.6 Å². The minimum Gasteiger partial charge on any atom is -0.508 e. The number of phenols is 1. The summed E-state index contributed by atoms with van der Waals surface area (Å²) in [6.45, 7) is 7.03. The Balaban J connectivity index is 1.70. The number of hydrogen-bond acceptors (Lipinski definition) is 16. The molecule has 3 heterocycles. The summed E-state index contributed by atoms with van der Waals surface area (Å²) >= 11 is 0. The van der Waals surface area contributed by atoms with Crippen LogP contribution in [0, 0.1) is 11.8 Å². The summed E-state index contributed by atoms with van der Waals surface area (Å²) in [5.41, 5.74) is 4.53. The fourth-order valence-corrected chi connectivity index (χ4v) is 9.57. The van der Waals surface area contributed by atoms with Gasteiger partial charge in [-0.25, -0.2) is 4.99 Å². The summed E-state index contributed by atoms with van der Waals surface area (Å²) in [6.07, 6.45) is -7.88. The molecule has 3 aliphatic rings. The topological polar surface area (TPSA) is 391 Å². The van der Waals surface area contributed by atoms with Crippen LogP contribution in [0.25, 0.3) is 0 Å². The maximum Gasteiger partial charge on any atom is 0.266 e.